The molecule has 4 fully saturated rings. The first kappa shape index (κ1) is 23.7. The Kier molecular flexibility index (Phi) is 5.59. The molecule has 0 aromatic heterocycles. The summed E-state index contributed by atoms with van der Waals surface area (Å²) in [5.74, 6) is -0.135. The molecule has 0 unspecified atom stereocenters. The molecular formula is C28H37ClN2O3. The van der Waals surface area contributed by atoms with Gasteiger partial charge in [0.1, 0.15) is 0 Å². The first-order valence-corrected chi connectivity index (χ1v) is 13.1. The molecule has 5 aliphatic rings. The van der Waals surface area contributed by atoms with Crippen LogP contribution < -0.4 is 5.32 Å². The van der Waals surface area contributed by atoms with Gasteiger partial charge < -0.3 is 10.1 Å². The second kappa shape index (κ2) is 8.01. The van der Waals surface area contributed by atoms with Crippen molar-refractivity contribution < 1.29 is 14.3 Å². The number of rotatable bonds is 5. The Hall–Kier alpha value is -2.01. The predicted octanol–water partition coefficient (Wildman–Crippen LogP) is 6.48. The summed E-state index contributed by atoms with van der Waals surface area (Å²) >= 11 is 6.79. The number of carbonyl (C=O) groups is 2. The summed E-state index contributed by atoms with van der Waals surface area (Å²) in [6.45, 7) is 6.75. The van der Waals surface area contributed by atoms with E-state index in [9.17, 15) is 9.59 Å². The average Bonchev–Trinajstić information content (AvgIpc) is 2.93. The molecule has 6 heteroatoms. The van der Waals surface area contributed by atoms with Gasteiger partial charge in [-0.15, -0.1) is 0 Å². The summed E-state index contributed by atoms with van der Waals surface area (Å²) in [6.07, 6.45) is 11.4. The van der Waals surface area contributed by atoms with Gasteiger partial charge in [0.2, 0.25) is 0 Å². The van der Waals surface area contributed by atoms with E-state index in [1.807, 2.05) is 4.90 Å². The normalized spacial score (nSPS) is 32.4. The first-order valence-electron chi connectivity index (χ1n) is 12.7. The molecule has 0 saturated heterocycles. The zero-order chi connectivity index (χ0) is 24.4. The van der Waals surface area contributed by atoms with Crippen molar-refractivity contribution in [2.45, 2.75) is 96.1 Å². The van der Waals surface area contributed by atoms with Crippen molar-refractivity contribution in [3.8, 4) is 0 Å². The Balaban J connectivity index is 1.44. The Bertz CT molecular complexity index is 1040. The van der Waals surface area contributed by atoms with Crippen LogP contribution in [0.25, 0.3) is 0 Å². The van der Waals surface area contributed by atoms with Gasteiger partial charge in [-0.3, -0.25) is 9.69 Å². The summed E-state index contributed by atoms with van der Waals surface area (Å²) in [5.41, 5.74) is 2.66. The highest BCUT2D eigenvalue weighted by Crippen LogP contribution is 2.71. The molecule has 2 bridgehead atoms. The minimum atomic E-state index is -0.500. The SMILES string of the molecule is COC(=O)C12CC(N3C=C4CCCCC[C@@]4(c4ccc(CCC(C)(C)C)c(Cl)c4)NC3=O)(C1)C2. The number of nitrogens with one attached hydrogen (secondary N) is 1. The number of ether oxygens (including phenoxy) is 1. The molecule has 0 spiro atoms. The molecule has 0 radical (unpaired) electrons. The van der Waals surface area contributed by atoms with Crippen LogP contribution >= 0.6 is 11.6 Å². The number of fused-ring (bicyclic) bond motifs is 1. The lowest BCUT2D eigenvalue weighted by atomic mass is 9.38. The second-order valence-electron chi connectivity index (χ2n) is 12.3. The fourth-order valence-corrected chi connectivity index (χ4v) is 7.01. The molecule has 2 amide bonds. The molecule has 1 atom stereocenters. The van der Waals surface area contributed by atoms with Gasteiger partial charge in [-0.25, -0.2) is 4.79 Å². The molecule has 184 valence electrons. The standard InChI is InChI=1S/C28H37ClN2O3/c1-25(2,3)13-11-19-9-10-20(14-22(19)29)28-12-7-5-6-8-21(28)15-31(24(33)30-28)27-16-26(17-27,18-27)23(32)34-4/h9-10,14-15H,5-8,11-13,16-18H2,1-4H3,(H,30,33)/t26?,27?,28-/m0/s1. The molecule has 1 N–H and O–H groups in total. The summed E-state index contributed by atoms with van der Waals surface area (Å²) in [6, 6.07) is 6.35. The topological polar surface area (TPSA) is 58.6 Å². The Morgan fingerprint density at radius 3 is 2.56 bits per heavy atom. The number of methoxy groups -OCH3 is 1. The third kappa shape index (κ3) is 3.66. The van der Waals surface area contributed by atoms with Crippen LogP contribution in [-0.2, 0) is 21.5 Å². The monoisotopic (exact) mass is 484 g/mol. The highest BCUT2D eigenvalue weighted by molar-refractivity contribution is 6.31. The van der Waals surface area contributed by atoms with Crippen molar-refractivity contribution in [2.24, 2.45) is 10.8 Å². The van der Waals surface area contributed by atoms with Gasteiger partial charge in [-0.1, -0.05) is 57.3 Å². The van der Waals surface area contributed by atoms with Crippen molar-refractivity contribution >= 4 is 23.6 Å². The van der Waals surface area contributed by atoms with Gasteiger partial charge in [-0.2, -0.15) is 0 Å². The van der Waals surface area contributed by atoms with E-state index in [1.165, 1.54) is 18.2 Å². The summed E-state index contributed by atoms with van der Waals surface area (Å²) in [5, 5.41) is 4.23. The zero-order valence-electron chi connectivity index (χ0n) is 20.9. The summed E-state index contributed by atoms with van der Waals surface area (Å²) in [7, 11) is 1.45. The highest BCUT2D eigenvalue weighted by Gasteiger charge is 2.75. The van der Waals surface area contributed by atoms with E-state index in [4.69, 9.17) is 16.3 Å². The number of carbonyl (C=O) groups excluding carboxylic acids is 2. The third-order valence-corrected chi connectivity index (χ3v) is 9.04. The number of hydrogen-bond acceptors (Lipinski definition) is 3. The average molecular weight is 485 g/mol. The number of esters is 1. The molecular weight excluding hydrogens is 448 g/mol. The van der Waals surface area contributed by atoms with Gasteiger partial charge in [0, 0.05) is 11.2 Å². The molecule has 1 aromatic carbocycles. The van der Waals surface area contributed by atoms with E-state index in [0.717, 1.165) is 55.5 Å². The van der Waals surface area contributed by atoms with Crippen LogP contribution in [0.3, 0.4) is 0 Å². The van der Waals surface area contributed by atoms with Gasteiger partial charge in [0.15, 0.2) is 0 Å². The molecule has 6 rings (SSSR count). The van der Waals surface area contributed by atoms with Crippen LogP contribution in [0.1, 0.15) is 89.7 Å². The maximum absolute atomic E-state index is 13.5. The minimum Gasteiger partial charge on any atom is -0.469 e. The van der Waals surface area contributed by atoms with Gasteiger partial charge in [0.05, 0.1) is 23.6 Å². The number of urea groups is 1. The van der Waals surface area contributed by atoms with E-state index < -0.39 is 5.54 Å². The van der Waals surface area contributed by atoms with Crippen molar-refractivity contribution in [1.82, 2.24) is 10.2 Å². The van der Waals surface area contributed by atoms with Gasteiger partial charge in [0.25, 0.3) is 0 Å². The molecule has 34 heavy (non-hydrogen) atoms. The predicted molar refractivity (Wildman–Crippen MR) is 133 cm³/mol. The lowest BCUT2D eigenvalue weighted by molar-refractivity contribution is -0.218. The molecule has 1 aromatic rings. The van der Waals surface area contributed by atoms with Crippen LogP contribution in [0.5, 0.6) is 0 Å². The largest absolute Gasteiger partial charge is 0.469 e. The number of halogens is 1. The molecule has 4 saturated carbocycles. The number of nitrogens with zero attached hydrogens (tertiary/aromatic N) is 1. The minimum absolute atomic E-state index is 0.0586. The van der Waals surface area contributed by atoms with Crippen molar-refractivity contribution in [1.29, 1.82) is 0 Å². The Morgan fingerprint density at radius 2 is 1.91 bits per heavy atom. The smallest absolute Gasteiger partial charge is 0.322 e. The Morgan fingerprint density at radius 1 is 1.18 bits per heavy atom. The number of aryl methyl sites for hydroxylation is 1. The first-order chi connectivity index (χ1) is 16.0. The molecule has 5 nitrogen and oxygen atoms in total. The number of amides is 2. The maximum Gasteiger partial charge on any atom is 0.322 e. The molecule has 4 aliphatic carbocycles. The van der Waals surface area contributed by atoms with Crippen molar-refractivity contribution in [2.75, 3.05) is 7.11 Å². The number of hydrogen-bond donors (Lipinski definition) is 1. The fraction of sp³-hybridized carbons (Fsp3) is 0.643. The lowest BCUT2D eigenvalue weighted by Gasteiger charge is -2.71. The van der Waals surface area contributed by atoms with Crippen LogP contribution in [0, 0.1) is 10.8 Å². The van der Waals surface area contributed by atoms with E-state index in [0.29, 0.717) is 19.3 Å². The van der Waals surface area contributed by atoms with Crippen LogP contribution in [0.2, 0.25) is 5.02 Å². The van der Waals surface area contributed by atoms with E-state index in [2.05, 4.69) is 50.5 Å². The van der Waals surface area contributed by atoms with E-state index in [1.54, 1.807) is 0 Å². The Labute approximate surface area is 208 Å². The van der Waals surface area contributed by atoms with Crippen molar-refractivity contribution in [3.63, 3.8) is 0 Å². The van der Waals surface area contributed by atoms with E-state index in [-0.39, 0.29) is 28.4 Å². The van der Waals surface area contributed by atoms with Crippen LogP contribution in [-0.4, -0.2) is 29.5 Å². The van der Waals surface area contributed by atoms with Gasteiger partial charge in [-0.05, 0) is 79.5 Å². The zero-order valence-corrected chi connectivity index (χ0v) is 21.7. The van der Waals surface area contributed by atoms with Crippen LogP contribution in [0.15, 0.2) is 30.0 Å². The molecule has 1 aliphatic heterocycles. The number of benzene rings is 1. The van der Waals surface area contributed by atoms with Gasteiger partial charge >= 0.3 is 12.0 Å². The third-order valence-electron chi connectivity index (χ3n) is 8.69. The van der Waals surface area contributed by atoms with Crippen molar-refractivity contribution in [3.05, 3.63) is 46.1 Å². The lowest BCUT2D eigenvalue weighted by Crippen LogP contribution is -2.78. The molecule has 1 heterocycles. The fourth-order valence-electron chi connectivity index (χ4n) is 6.73. The van der Waals surface area contributed by atoms with E-state index >= 15 is 0 Å². The quantitative estimate of drug-likeness (QED) is 0.486. The summed E-state index contributed by atoms with van der Waals surface area (Å²) in [4.78, 5) is 27.6. The maximum atomic E-state index is 13.5. The second-order valence-corrected chi connectivity index (χ2v) is 12.7. The highest BCUT2D eigenvalue weighted by atomic mass is 35.5. The summed E-state index contributed by atoms with van der Waals surface area (Å²) < 4.78 is 5.00. The van der Waals surface area contributed by atoms with Crippen LogP contribution in [0.4, 0.5) is 4.79 Å².